The van der Waals surface area contributed by atoms with Crippen LogP contribution >= 0.6 is 0 Å². The van der Waals surface area contributed by atoms with Gasteiger partial charge in [0.1, 0.15) is 0 Å². The van der Waals surface area contributed by atoms with Crippen LogP contribution in [0, 0.1) is 18.3 Å². The Kier molecular flexibility index (Phi) is 12.7. The molecule has 0 saturated heterocycles. The summed E-state index contributed by atoms with van der Waals surface area (Å²) in [4.78, 5) is 0. The Labute approximate surface area is 139 Å². The summed E-state index contributed by atoms with van der Waals surface area (Å²) in [7, 11) is 0. The highest BCUT2D eigenvalue weighted by molar-refractivity contribution is 5.07. The van der Waals surface area contributed by atoms with Gasteiger partial charge in [-0.05, 0) is 72.1 Å². The average molecular weight is 301 g/mol. The molecule has 0 aliphatic heterocycles. The van der Waals surface area contributed by atoms with E-state index in [1.54, 1.807) is 5.57 Å². The maximum absolute atomic E-state index is 5.27. The maximum atomic E-state index is 5.27. The summed E-state index contributed by atoms with van der Waals surface area (Å²) in [6.07, 6.45) is 21.7. The third-order valence-corrected chi connectivity index (χ3v) is 4.08. The van der Waals surface area contributed by atoms with E-state index >= 15 is 0 Å². The van der Waals surface area contributed by atoms with Crippen LogP contribution < -0.4 is 0 Å². The molecule has 1 unspecified atom stereocenters. The minimum Gasteiger partial charge on any atom is -0.120 e. The minimum atomic E-state index is 0.763. The van der Waals surface area contributed by atoms with E-state index in [2.05, 4.69) is 58.8 Å². The molecule has 0 nitrogen and oxygen atoms in total. The first-order chi connectivity index (χ1) is 10.5. The Hall–Kier alpha value is -1.22. The van der Waals surface area contributed by atoms with Crippen molar-refractivity contribution in [2.75, 3.05) is 0 Å². The second kappa shape index (κ2) is 13.4. The van der Waals surface area contributed by atoms with Gasteiger partial charge in [-0.25, -0.2) is 0 Å². The third kappa shape index (κ3) is 13.7. The van der Waals surface area contributed by atoms with Gasteiger partial charge in [0.05, 0.1) is 0 Å². The fourth-order valence-corrected chi connectivity index (χ4v) is 2.51. The van der Waals surface area contributed by atoms with E-state index in [1.807, 2.05) is 0 Å². The molecule has 0 bridgehead atoms. The fourth-order valence-electron chi connectivity index (χ4n) is 2.51. The predicted molar refractivity (Wildman–Crippen MR) is 102 cm³/mol. The van der Waals surface area contributed by atoms with Crippen LogP contribution in [0.4, 0.5) is 0 Å². The number of allylic oxidation sites excluding steroid dienone is 6. The van der Waals surface area contributed by atoms with E-state index < -0.39 is 0 Å². The molecule has 0 rings (SSSR count). The normalized spacial score (nSPS) is 13.6. The van der Waals surface area contributed by atoms with Crippen molar-refractivity contribution in [2.24, 2.45) is 5.92 Å². The van der Waals surface area contributed by atoms with Crippen molar-refractivity contribution < 1.29 is 0 Å². The lowest BCUT2D eigenvalue weighted by molar-refractivity contribution is 0.478. The molecule has 124 valence electrons. The van der Waals surface area contributed by atoms with Gasteiger partial charge in [0, 0.05) is 6.42 Å². The summed E-state index contributed by atoms with van der Waals surface area (Å²) in [5.74, 6) is 3.51. The Balaban J connectivity index is 3.80. The van der Waals surface area contributed by atoms with E-state index in [0.29, 0.717) is 0 Å². The molecular weight excluding hydrogens is 264 g/mol. The van der Waals surface area contributed by atoms with Crippen molar-refractivity contribution in [3.05, 3.63) is 34.9 Å². The Bertz CT molecular complexity index is 408. The summed E-state index contributed by atoms with van der Waals surface area (Å²) in [6.45, 7) is 11.2. The zero-order valence-electron chi connectivity index (χ0n) is 15.5. The Morgan fingerprint density at radius 3 is 2.23 bits per heavy atom. The first-order valence-electron chi connectivity index (χ1n) is 8.83. The Morgan fingerprint density at radius 2 is 1.59 bits per heavy atom. The standard InChI is InChI=1S/C22H36/c1-7-8-13-20(4)15-10-17-22(6)18-11-16-21(5)14-9-12-19(2)3/h1,12-13,17,21H,8-11,14-16,18H2,2-6H3/b20-13+,22-17+. The molecule has 0 heterocycles. The minimum absolute atomic E-state index is 0.763. The van der Waals surface area contributed by atoms with Gasteiger partial charge in [0.15, 0.2) is 0 Å². The summed E-state index contributed by atoms with van der Waals surface area (Å²) < 4.78 is 0. The first-order valence-corrected chi connectivity index (χ1v) is 8.83. The van der Waals surface area contributed by atoms with Crippen molar-refractivity contribution in [1.29, 1.82) is 0 Å². The average Bonchev–Trinajstić information content (AvgIpc) is 2.44. The number of terminal acetylenes is 1. The molecule has 0 fully saturated rings. The molecule has 0 radical (unpaired) electrons. The van der Waals surface area contributed by atoms with Crippen molar-refractivity contribution in [3.8, 4) is 12.3 Å². The third-order valence-electron chi connectivity index (χ3n) is 4.08. The van der Waals surface area contributed by atoms with Crippen molar-refractivity contribution in [2.45, 2.75) is 86.0 Å². The van der Waals surface area contributed by atoms with Crippen LogP contribution in [-0.4, -0.2) is 0 Å². The molecule has 0 N–H and O–H groups in total. The molecule has 0 amide bonds. The van der Waals surface area contributed by atoms with Gasteiger partial charge in [0.2, 0.25) is 0 Å². The zero-order valence-corrected chi connectivity index (χ0v) is 15.5. The van der Waals surface area contributed by atoms with Crippen LogP contribution in [0.1, 0.15) is 86.0 Å². The fraction of sp³-hybridized carbons (Fsp3) is 0.636. The van der Waals surface area contributed by atoms with Gasteiger partial charge >= 0.3 is 0 Å². The van der Waals surface area contributed by atoms with E-state index in [4.69, 9.17) is 6.42 Å². The first kappa shape index (κ1) is 20.8. The second-order valence-corrected chi connectivity index (χ2v) is 6.90. The van der Waals surface area contributed by atoms with Gasteiger partial charge in [-0.3, -0.25) is 0 Å². The van der Waals surface area contributed by atoms with Crippen molar-refractivity contribution >= 4 is 0 Å². The summed E-state index contributed by atoms with van der Waals surface area (Å²) in [6, 6.07) is 0. The van der Waals surface area contributed by atoms with Crippen LogP contribution in [0.25, 0.3) is 0 Å². The molecule has 0 aromatic heterocycles. The molecule has 0 saturated carbocycles. The molecule has 0 aromatic carbocycles. The smallest absolute Gasteiger partial charge is 0.0269 e. The van der Waals surface area contributed by atoms with Gasteiger partial charge in [-0.1, -0.05) is 48.3 Å². The molecular formula is C22H36. The molecule has 0 aromatic rings. The molecule has 0 aliphatic carbocycles. The van der Waals surface area contributed by atoms with Gasteiger partial charge in [-0.15, -0.1) is 12.3 Å². The number of hydrogen-bond acceptors (Lipinski definition) is 0. The summed E-state index contributed by atoms with van der Waals surface area (Å²) >= 11 is 0. The van der Waals surface area contributed by atoms with Crippen LogP contribution in [0.3, 0.4) is 0 Å². The van der Waals surface area contributed by atoms with Crippen LogP contribution in [0.15, 0.2) is 34.9 Å². The highest BCUT2D eigenvalue weighted by Gasteiger charge is 2.01. The number of rotatable bonds is 11. The lowest BCUT2D eigenvalue weighted by atomic mass is 9.96. The SMILES string of the molecule is C#CC/C=C(\C)CC/C=C(\C)CCCC(C)CCC=C(C)C. The van der Waals surface area contributed by atoms with Gasteiger partial charge in [0.25, 0.3) is 0 Å². The zero-order chi connectivity index (χ0) is 16.8. The highest BCUT2D eigenvalue weighted by atomic mass is 14.1. The monoisotopic (exact) mass is 300 g/mol. The quantitative estimate of drug-likeness (QED) is 0.279. The van der Waals surface area contributed by atoms with Gasteiger partial charge < -0.3 is 0 Å². The molecule has 22 heavy (non-hydrogen) atoms. The van der Waals surface area contributed by atoms with Crippen LogP contribution in [0.5, 0.6) is 0 Å². The largest absolute Gasteiger partial charge is 0.120 e. The lowest BCUT2D eigenvalue weighted by Crippen LogP contribution is -1.94. The van der Waals surface area contributed by atoms with Crippen molar-refractivity contribution in [3.63, 3.8) is 0 Å². The van der Waals surface area contributed by atoms with Crippen LogP contribution in [-0.2, 0) is 0 Å². The van der Waals surface area contributed by atoms with E-state index in [9.17, 15) is 0 Å². The summed E-state index contributed by atoms with van der Waals surface area (Å²) in [5.41, 5.74) is 4.40. The van der Waals surface area contributed by atoms with E-state index in [0.717, 1.165) is 25.2 Å². The Morgan fingerprint density at radius 1 is 0.909 bits per heavy atom. The molecule has 1 atom stereocenters. The van der Waals surface area contributed by atoms with E-state index in [1.165, 1.54) is 43.3 Å². The lowest BCUT2D eigenvalue weighted by Gasteiger charge is -2.10. The van der Waals surface area contributed by atoms with Crippen LogP contribution in [0.2, 0.25) is 0 Å². The molecule has 0 spiro atoms. The second-order valence-electron chi connectivity index (χ2n) is 6.90. The highest BCUT2D eigenvalue weighted by Crippen LogP contribution is 2.18. The number of hydrogen-bond donors (Lipinski definition) is 0. The van der Waals surface area contributed by atoms with Gasteiger partial charge in [-0.2, -0.15) is 0 Å². The maximum Gasteiger partial charge on any atom is 0.0269 e. The molecule has 0 heteroatoms. The van der Waals surface area contributed by atoms with E-state index in [-0.39, 0.29) is 0 Å². The predicted octanol–water partition coefficient (Wildman–Crippen LogP) is 7.24. The topological polar surface area (TPSA) is 0 Å². The molecule has 0 aliphatic rings. The van der Waals surface area contributed by atoms with Crippen molar-refractivity contribution in [1.82, 2.24) is 0 Å². The summed E-state index contributed by atoms with van der Waals surface area (Å²) in [5, 5.41) is 0.